The molecule has 0 fully saturated rings. The first-order valence-electron chi connectivity index (χ1n) is 4.73. The van der Waals surface area contributed by atoms with Gasteiger partial charge in [0.25, 0.3) is 0 Å². The van der Waals surface area contributed by atoms with Crippen molar-refractivity contribution in [3.8, 4) is 0 Å². The smallest absolute Gasteiger partial charge is 0.148 e. The Morgan fingerprint density at radius 3 is 2.69 bits per heavy atom. The molecule has 2 nitrogen and oxygen atoms in total. The van der Waals surface area contributed by atoms with E-state index in [-0.39, 0.29) is 0 Å². The lowest BCUT2D eigenvalue weighted by Crippen LogP contribution is -1.82. The summed E-state index contributed by atoms with van der Waals surface area (Å²) >= 11 is 12.0. The summed E-state index contributed by atoms with van der Waals surface area (Å²) in [6.07, 6.45) is 5.29. The van der Waals surface area contributed by atoms with Crippen LogP contribution in [0, 0.1) is 0 Å². The molecule has 0 radical (unpaired) electrons. The van der Waals surface area contributed by atoms with Gasteiger partial charge in [0.2, 0.25) is 0 Å². The maximum Gasteiger partial charge on any atom is 0.148 e. The van der Waals surface area contributed by atoms with Crippen molar-refractivity contribution in [1.29, 1.82) is 0 Å². The second-order valence-electron chi connectivity index (χ2n) is 3.53. The zero-order chi connectivity index (χ0) is 11.1. The summed E-state index contributed by atoms with van der Waals surface area (Å²) in [6.45, 7) is 0. The van der Waals surface area contributed by atoms with Crippen molar-refractivity contribution < 1.29 is 0 Å². The van der Waals surface area contributed by atoms with Gasteiger partial charge in [0.1, 0.15) is 5.15 Å². The number of halogens is 2. The molecule has 16 heavy (non-hydrogen) atoms. The lowest BCUT2D eigenvalue weighted by atomic mass is 10.1. The summed E-state index contributed by atoms with van der Waals surface area (Å²) in [6, 6.07) is 5.96. The Morgan fingerprint density at radius 2 is 1.81 bits per heavy atom. The number of fused-ring (bicyclic) bond motifs is 2. The van der Waals surface area contributed by atoms with Crippen LogP contribution in [0.2, 0.25) is 10.2 Å². The van der Waals surface area contributed by atoms with E-state index in [1.807, 2.05) is 18.2 Å². The number of aromatic nitrogens is 2. The van der Waals surface area contributed by atoms with Gasteiger partial charge in [0.05, 0.1) is 5.02 Å². The average molecular weight is 249 g/mol. The minimum absolute atomic E-state index is 0.331. The highest BCUT2D eigenvalue weighted by Gasteiger charge is 2.06. The fourth-order valence-corrected chi connectivity index (χ4v) is 2.11. The number of benzene rings is 1. The Bertz CT molecular complexity index is 695. The van der Waals surface area contributed by atoms with Gasteiger partial charge < -0.3 is 0 Å². The lowest BCUT2D eigenvalue weighted by Gasteiger charge is -2.04. The SMILES string of the molecule is Clc1ncc2cc3ccncc3cc2c1Cl. The normalized spacial score (nSPS) is 11.1. The second-order valence-corrected chi connectivity index (χ2v) is 4.26. The number of rotatable bonds is 0. The predicted octanol–water partition coefficient (Wildman–Crippen LogP) is 4.09. The van der Waals surface area contributed by atoms with Crippen LogP contribution in [-0.4, -0.2) is 9.97 Å². The van der Waals surface area contributed by atoms with Crippen LogP contribution in [-0.2, 0) is 0 Å². The Morgan fingerprint density at radius 1 is 0.938 bits per heavy atom. The minimum Gasteiger partial charge on any atom is -0.264 e. The average Bonchev–Trinajstić information content (AvgIpc) is 2.32. The molecule has 0 aliphatic carbocycles. The molecule has 0 atom stereocenters. The Hall–Kier alpha value is -1.38. The van der Waals surface area contributed by atoms with Crippen LogP contribution in [0.25, 0.3) is 21.5 Å². The van der Waals surface area contributed by atoms with E-state index in [1.165, 1.54) is 0 Å². The van der Waals surface area contributed by atoms with E-state index in [4.69, 9.17) is 23.2 Å². The summed E-state index contributed by atoms with van der Waals surface area (Å²) in [7, 11) is 0. The molecule has 0 aliphatic rings. The Labute approximate surface area is 102 Å². The molecule has 4 heteroatoms. The molecule has 1 aromatic carbocycles. The number of pyridine rings is 2. The van der Waals surface area contributed by atoms with Crippen molar-refractivity contribution in [2.24, 2.45) is 0 Å². The van der Waals surface area contributed by atoms with E-state index in [0.717, 1.165) is 21.5 Å². The Balaban J connectivity index is 2.51. The van der Waals surface area contributed by atoms with E-state index in [0.29, 0.717) is 10.2 Å². The summed E-state index contributed by atoms with van der Waals surface area (Å²) in [5.74, 6) is 0. The third-order valence-electron chi connectivity index (χ3n) is 2.54. The molecular weight excluding hydrogens is 243 g/mol. The van der Waals surface area contributed by atoms with Crippen molar-refractivity contribution in [2.75, 3.05) is 0 Å². The largest absolute Gasteiger partial charge is 0.264 e. The van der Waals surface area contributed by atoms with E-state index >= 15 is 0 Å². The van der Waals surface area contributed by atoms with Gasteiger partial charge in [-0.25, -0.2) is 4.98 Å². The van der Waals surface area contributed by atoms with Gasteiger partial charge in [0.15, 0.2) is 0 Å². The fraction of sp³-hybridized carbons (Fsp3) is 0. The Kier molecular flexibility index (Phi) is 2.20. The highest BCUT2D eigenvalue weighted by Crippen LogP contribution is 2.31. The second kappa shape index (κ2) is 3.58. The van der Waals surface area contributed by atoms with Gasteiger partial charge in [0, 0.05) is 34.7 Å². The summed E-state index contributed by atoms with van der Waals surface area (Å²) in [5, 5.41) is 4.86. The molecule has 0 spiro atoms. The maximum atomic E-state index is 6.11. The van der Waals surface area contributed by atoms with Crippen LogP contribution in [0.3, 0.4) is 0 Å². The van der Waals surface area contributed by atoms with Crippen LogP contribution in [0.1, 0.15) is 0 Å². The van der Waals surface area contributed by atoms with E-state index < -0.39 is 0 Å². The molecule has 0 saturated heterocycles. The first kappa shape index (κ1) is 9.82. The molecule has 78 valence electrons. The van der Waals surface area contributed by atoms with Gasteiger partial charge >= 0.3 is 0 Å². The van der Waals surface area contributed by atoms with E-state index in [2.05, 4.69) is 9.97 Å². The van der Waals surface area contributed by atoms with Gasteiger partial charge in [-0.05, 0) is 23.6 Å². The van der Waals surface area contributed by atoms with Crippen LogP contribution in [0.4, 0.5) is 0 Å². The highest BCUT2D eigenvalue weighted by atomic mass is 35.5. The van der Waals surface area contributed by atoms with Crippen molar-refractivity contribution in [1.82, 2.24) is 9.97 Å². The minimum atomic E-state index is 0.331. The first-order chi connectivity index (χ1) is 7.75. The first-order valence-corrected chi connectivity index (χ1v) is 5.49. The van der Waals surface area contributed by atoms with Crippen LogP contribution in [0.15, 0.2) is 36.8 Å². The number of nitrogens with zero attached hydrogens (tertiary/aromatic N) is 2. The summed E-state index contributed by atoms with van der Waals surface area (Å²) in [5.41, 5.74) is 0. The fourth-order valence-electron chi connectivity index (χ4n) is 1.74. The molecular formula is C12H6Cl2N2. The number of hydrogen-bond acceptors (Lipinski definition) is 2. The zero-order valence-corrected chi connectivity index (χ0v) is 9.63. The highest BCUT2D eigenvalue weighted by molar-refractivity contribution is 6.44. The summed E-state index contributed by atoms with van der Waals surface area (Å²) < 4.78 is 0. The van der Waals surface area contributed by atoms with Crippen LogP contribution < -0.4 is 0 Å². The predicted molar refractivity (Wildman–Crippen MR) is 67.1 cm³/mol. The van der Waals surface area contributed by atoms with Gasteiger partial charge in [-0.1, -0.05) is 23.2 Å². The van der Waals surface area contributed by atoms with Crippen molar-refractivity contribution in [3.63, 3.8) is 0 Å². The molecule has 0 N–H and O–H groups in total. The summed E-state index contributed by atoms with van der Waals surface area (Å²) in [4.78, 5) is 8.11. The maximum absolute atomic E-state index is 6.11. The molecule has 2 heterocycles. The van der Waals surface area contributed by atoms with Crippen molar-refractivity contribution in [2.45, 2.75) is 0 Å². The standard InChI is InChI=1S/C12H6Cl2N2/c13-11-10-4-8-5-15-2-1-7(8)3-9(10)6-16-12(11)14/h1-6H. The molecule has 2 aromatic heterocycles. The zero-order valence-electron chi connectivity index (χ0n) is 8.11. The molecule has 0 aliphatic heterocycles. The topological polar surface area (TPSA) is 25.8 Å². The van der Waals surface area contributed by atoms with Crippen molar-refractivity contribution in [3.05, 3.63) is 47.0 Å². The quantitative estimate of drug-likeness (QED) is 0.443. The van der Waals surface area contributed by atoms with Crippen LogP contribution >= 0.6 is 23.2 Å². The van der Waals surface area contributed by atoms with Gasteiger partial charge in [-0.15, -0.1) is 0 Å². The third-order valence-corrected chi connectivity index (χ3v) is 3.31. The van der Waals surface area contributed by atoms with Gasteiger partial charge in [-0.2, -0.15) is 0 Å². The monoisotopic (exact) mass is 248 g/mol. The van der Waals surface area contributed by atoms with Crippen LogP contribution in [0.5, 0.6) is 0 Å². The third kappa shape index (κ3) is 1.42. The number of hydrogen-bond donors (Lipinski definition) is 0. The van der Waals surface area contributed by atoms with Gasteiger partial charge in [-0.3, -0.25) is 4.98 Å². The molecule has 0 saturated carbocycles. The molecule has 3 aromatic rings. The molecule has 0 amide bonds. The molecule has 0 unspecified atom stereocenters. The van der Waals surface area contributed by atoms with Crippen molar-refractivity contribution >= 4 is 44.7 Å². The lowest BCUT2D eigenvalue weighted by molar-refractivity contribution is 1.35. The van der Waals surface area contributed by atoms with E-state index in [9.17, 15) is 0 Å². The molecule has 0 bridgehead atoms. The molecule has 3 rings (SSSR count). The van der Waals surface area contributed by atoms with E-state index in [1.54, 1.807) is 18.6 Å².